The first-order chi connectivity index (χ1) is 6.54. The molecule has 78 valence electrons. The minimum Gasteiger partial charge on any atom is -0.217 e. The Hall–Kier alpha value is -1.11. The van der Waals surface area contributed by atoms with Crippen LogP contribution in [0.4, 0.5) is 13.2 Å². The zero-order chi connectivity index (χ0) is 10.6. The van der Waals surface area contributed by atoms with Crippen LogP contribution in [0.25, 0.3) is 0 Å². The molecule has 3 nitrogen and oxygen atoms in total. The third-order valence-electron chi connectivity index (χ3n) is 1.64. The predicted octanol–water partition coefficient (Wildman–Crippen LogP) is 1.60. The van der Waals surface area contributed by atoms with E-state index in [1.165, 1.54) is 12.1 Å². The third-order valence-corrected chi connectivity index (χ3v) is 1.64. The number of benzene rings is 1. The summed E-state index contributed by atoms with van der Waals surface area (Å²) in [7, 11) is 0. The number of halogens is 3. The Balaban J connectivity index is 2.69. The lowest BCUT2D eigenvalue weighted by atomic mass is 10.1. The van der Waals surface area contributed by atoms with Crippen molar-refractivity contribution in [1.82, 2.24) is 5.48 Å². The van der Waals surface area contributed by atoms with Gasteiger partial charge in [-0.3, -0.25) is 0 Å². The van der Waals surface area contributed by atoms with Gasteiger partial charge < -0.3 is 0 Å². The van der Waals surface area contributed by atoms with Crippen molar-refractivity contribution in [3.8, 4) is 0 Å². The zero-order valence-electron chi connectivity index (χ0n) is 7.14. The summed E-state index contributed by atoms with van der Waals surface area (Å²) < 4.78 is 36.3. The highest BCUT2D eigenvalue weighted by Crippen LogP contribution is 2.28. The number of nitrogens with two attached hydrogens (primary N) is 1. The lowest BCUT2D eigenvalue weighted by molar-refractivity contribution is -0.137. The molecule has 1 rings (SSSR count). The van der Waals surface area contributed by atoms with Crippen molar-refractivity contribution < 1.29 is 18.1 Å². The second-order valence-electron chi connectivity index (χ2n) is 2.63. The second kappa shape index (κ2) is 4.41. The molecule has 0 heterocycles. The Bertz CT molecular complexity index is 284. The predicted molar refractivity (Wildman–Crippen MR) is 43.6 cm³/mol. The Labute approximate surface area is 78.6 Å². The molecular formula is C8H9F3N2O. The van der Waals surface area contributed by atoms with E-state index in [0.717, 1.165) is 12.1 Å². The largest absolute Gasteiger partial charge is 0.416 e. The number of hydrogen-bond donors (Lipinski definition) is 2. The molecule has 0 aromatic heterocycles. The summed E-state index contributed by atoms with van der Waals surface area (Å²) in [6.07, 6.45) is -4.30. The van der Waals surface area contributed by atoms with E-state index in [4.69, 9.17) is 0 Å². The number of rotatable bonds is 3. The van der Waals surface area contributed by atoms with Gasteiger partial charge in [-0.2, -0.15) is 24.5 Å². The van der Waals surface area contributed by atoms with Gasteiger partial charge in [0.2, 0.25) is 0 Å². The van der Waals surface area contributed by atoms with Crippen molar-refractivity contribution in [3.63, 3.8) is 0 Å². The topological polar surface area (TPSA) is 47.3 Å². The molecule has 1 aromatic rings. The average Bonchev–Trinajstić information content (AvgIpc) is 2.14. The first kappa shape index (κ1) is 11.0. The van der Waals surface area contributed by atoms with Gasteiger partial charge in [-0.1, -0.05) is 12.1 Å². The highest BCUT2D eigenvalue weighted by atomic mass is 19.4. The summed E-state index contributed by atoms with van der Waals surface area (Å²) >= 11 is 0. The molecule has 0 unspecified atom stereocenters. The smallest absolute Gasteiger partial charge is 0.217 e. The molecule has 0 amide bonds. The molecule has 0 saturated carbocycles. The Morgan fingerprint density at radius 2 is 1.79 bits per heavy atom. The lowest BCUT2D eigenvalue weighted by Gasteiger charge is -2.07. The van der Waals surface area contributed by atoms with E-state index in [9.17, 15) is 13.2 Å². The van der Waals surface area contributed by atoms with Crippen LogP contribution in [0, 0.1) is 0 Å². The van der Waals surface area contributed by atoms with Crippen LogP contribution in [-0.2, 0) is 17.7 Å². The first-order valence-electron chi connectivity index (χ1n) is 3.79. The molecule has 0 aliphatic carbocycles. The van der Waals surface area contributed by atoms with Crippen LogP contribution < -0.4 is 11.4 Å². The van der Waals surface area contributed by atoms with Gasteiger partial charge in [-0.05, 0) is 17.7 Å². The highest BCUT2D eigenvalue weighted by Gasteiger charge is 2.29. The quantitative estimate of drug-likeness (QED) is 0.738. The number of hydroxylamine groups is 1. The minimum atomic E-state index is -4.30. The Morgan fingerprint density at radius 3 is 2.21 bits per heavy atom. The van der Waals surface area contributed by atoms with Gasteiger partial charge in [-0.15, -0.1) is 0 Å². The molecule has 0 atom stereocenters. The normalized spacial score (nSPS) is 11.7. The highest BCUT2D eigenvalue weighted by molar-refractivity contribution is 5.24. The van der Waals surface area contributed by atoms with Gasteiger partial charge in [0.1, 0.15) is 0 Å². The maximum absolute atomic E-state index is 12.1. The molecule has 3 N–H and O–H groups in total. The van der Waals surface area contributed by atoms with Gasteiger partial charge in [0.15, 0.2) is 0 Å². The van der Waals surface area contributed by atoms with E-state index in [1.807, 2.05) is 0 Å². The molecule has 1 aromatic carbocycles. The van der Waals surface area contributed by atoms with Crippen molar-refractivity contribution in [2.45, 2.75) is 12.7 Å². The van der Waals surface area contributed by atoms with E-state index in [2.05, 4.69) is 16.3 Å². The van der Waals surface area contributed by atoms with Crippen LogP contribution >= 0.6 is 0 Å². The molecular weight excluding hydrogens is 197 g/mol. The first-order valence-corrected chi connectivity index (χ1v) is 3.79. The molecule has 14 heavy (non-hydrogen) atoms. The maximum atomic E-state index is 12.1. The standard InChI is InChI=1S/C8H9F3N2O/c9-8(10,11)7-3-1-6(2-4-7)5-13-14-12/h1-4,13H,5,12H2. The molecule has 0 aliphatic rings. The van der Waals surface area contributed by atoms with Gasteiger partial charge >= 0.3 is 6.18 Å². The van der Waals surface area contributed by atoms with Crippen molar-refractivity contribution in [3.05, 3.63) is 35.4 Å². The third kappa shape index (κ3) is 2.99. The van der Waals surface area contributed by atoms with Crippen LogP contribution in [0.15, 0.2) is 24.3 Å². The van der Waals surface area contributed by atoms with Crippen molar-refractivity contribution in [2.75, 3.05) is 0 Å². The van der Waals surface area contributed by atoms with Gasteiger partial charge in [-0.25, -0.2) is 4.94 Å². The van der Waals surface area contributed by atoms with Gasteiger partial charge in [0.25, 0.3) is 0 Å². The molecule has 0 radical (unpaired) electrons. The summed E-state index contributed by atoms with van der Waals surface area (Å²) in [5.41, 5.74) is 2.30. The van der Waals surface area contributed by atoms with Gasteiger partial charge in [0.05, 0.1) is 5.56 Å². The Kier molecular flexibility index (Phi) is 3.45. The summed E-state index contributed by atoms with van der Waals surface area (Å²) in [5.74, 6) is 4.68. The summed E-state index contributed by atoms with van der Waals surface area (Å²) in [5, 5.41) is 0. The minimum absolute atomic E-state index is 0.259. The van der Waals surface area contributed by atoms with Crippen molar-refractivity contribution >= 4 is 0 Å². The van der Waals surface area contributed by atoms with Crippen LogP contribution in [-0.4, -0.2) is 0 Å². The van der Waals surface area contributed by atoms with Crippen LogP contribution in [0.3, 0.4) is 0 Å². The van der Waals surface area contributed by atoms with Crippen LogP contribution in [0.2, 0.25) is 0 Å². The zero-order valence-corrected chi connectivity index (χ0v) is 7.14. The summed E-state index contributed by atoms with van der Waals surface area (Å²) in [6, 6.07) is 4.73. The van der Waals surface area contributed by atoms with Crippen LogP contribution in [0.1, 0.15) is 11.1 Å². The van der Waals surface area contributed by atoms with E-state index in [1.54, 1.807) is 0 Å². The van der Waals surface area contributed by atoms with E-state index < -0.39 is 11.7 Å². The van der Waals surface area contributed by atoms with E-state index >= 15 is 0 Å². The fraction of sp³-hybridized carbons (Fsp3) is 0.250. The fourth-order valence-electron chi connectivity index (χ4n) is 0.937. The molecule has 0 fully saturated rings. The summed E-state index contributed by atoms with van der Waals surface area (Å²) in [4.78, 5) is 4.07. The maximum Gasteiger partial charge on any atom is 0.416 e. The van der Waals surface area contributed by atoms with E-state index in [-0.39, 0.29) is 6.54 Å². The van der Waals surface area contributed by atoms with E-state index in [0.29, 0.717) is 5.56 Å². The van der Waals surface area contributed by atoms with Crippen molar-refractivity contribution in [2.24, 2.45) is 5.90 Å². The average molecular weight is 206 g/mol. The molecule has 0 spiro atoms. The number of alkyl halides is 3. The summed E-state index contributed by atoms with van der Waals surface area (Å²) in [6.45, 7) is 0.259. The van der Waals surface area contributed by atoms with Crippen LogP contribution in [0.5, 0.6) is 0 Å². The van der Waals surface area contributed by atoms with Crippen molar-refractivity contribution in [1.29, 1.82) is 0 Å². The molecule has 0 bridgehead atoms. The monoisotopic (exact) mass is 206 g/mol. The lowest BCUT2D eigenvalue weighted by Crippen LogP contribution is -2.18. The second-order valence-corrected chi connectivity index (χ2v) is 2.63. The number of nitrogens with one attached hydrogen (secondary N) is 1. The molecule has 6 heteroatoms. The van der Waals surface area contributed by atoms with Gasteiger partial charge in [0, 0.05) is 6.54 Å². The Morgan fingerprint density at radius 1 is 1.21 bits per heavy atom. The molecule has 0 aliphatic heterocycles. The molecule has 0 saturated heterocycles. The number of hydrogen-bond acceptors (Lipinski definition) is 3. The fourth-order valence-corrected chi connectivity index (χ4v) is 0.937. The SMILES string of the molecule is NONCc1ccc(C(F)(F)F)cc1.